The summed E-state index contributed by atoms with van der Waals surface area (Å²) < 4.78 is 5.25. The highest BCUT2D eigenvalue weighted by Gasteiger charge is 2.44. The Labute approximate surface area is 127 Å². The molecular formula is C15H18N2O5. The molecule has 0 aromatic heterocycles. The van der Waals surface area contributed by atoms with Crippen LogP contribution >= 0.6 is 0 Å². The molecule has 2 atom stereocenters. The summed E-state index contributed by atoms with van der Waals surface area (Å²) in [6, 6.07) is 6.86. The second kappa shape index (κ2) is 5.75. The molecule has 7 nitrogen and oxygen atoms in total. The normalized spacial score (nSPS) is 18.3. The summed E-state index contributed by atoms with van der Waals surface area (Å²) in [5.41, 5.74) is 0.389. The lowest BCUT2D eigenvalue weighted by molar-refractivity contribution is -0.486. The van der Waals surface area contributed by atoms with Crippen LogP contribution in [0, 0.1) is 16.0 Å². The lowest BCUT2D eigenvalue weighted by atomic mass is 9.86. The molecule has 0 aliphatic carbocycles. The highest BCUT2D eigenvalue weighted by Crippen LogP contribution is 2.38. The predicted molar refractivity (Wildman–Crippen MR) is 79.0 cm³/mol. The Kier molecular flexibility index (Phi) is 4.16. The Hall–Kier alpha value is -2.44. The molecule has 1 heterocycles. The van der Waals surface area contributed by atoms with Gasteiger partial charge in [0.25, 0.3) is 0 Å². The number of anilines is 1. The molecule has 1 aliphatic heterocycles. The Balaban J connectivity index is 2.35. The SMILES string of the molecule is CC(C)(C)OC(=O)[C@@H](C[N+](=O)[O-])C1C(=O)Nc2ccccc21. The van der Waals surface area contributed by atoms with Gasteiger partial charge in [-0.3, -0.25) is 19.7 Å². The van der Waals surface area contributed by atoms with Gasteiger partial charge in [0, 0.05) is 10.6 Å². The van der Waals surface area contributed by atoms with Crippen molar-refractivity contribution in [1.29, 1.82) is 0 Å². The molecule has 1 amide bonds. The zero-order chi connectivity index (χ0) is 16.5. The second-order valence-corrected chi connectivity index (χ2v) is 6.21. The predicted octanol–water partition coefficient (Wildman–Crippen LogP) is 1.96. The highest BCUT2D eigenvalue weighted by molar-refractivity contribution is 6.05. The fourth-order valence-electron chi connectivity index (χ4n) is 2.49. The van der Waals surface area contributed by atoms with Gasteiger partial charge in [0.2, 0.25) is 12.5 Å². The molecule has 0 saturated heterocycles. The van der Waals surface area contributed by atoms with Crippen LogP contribution in [0.2, 0.25) is 0 Å². The van der Waals surface area contributed by atoms with Crippen LogP contribution in [-0.2, 0) is 14.3 Å². The van der Waals surface area contributed by atoms with Gasteiger partial charge in [-0.15, -0.1) is 0 Å². The van der Waals surface area contributed by atoms with Crippen molar-refractivity contribution in [3.05, 3.63) is 39.9 Å². The van der Waals surface area contributed by atoms with Crippen molar-refractivity contribution in [1.82, 2.24) is 0 Å². The molecule has 1 unspecified atom stereocenters. The molecule has 2 rings (SSSR count). The van der Waals surface area contributed by atoms with Gasteiger partial charge in [-0.1, -0.05) is 18.2 Å². The minimum absolute atomic E-state index is 0.418. The standard InChI is InChI=1S/C15H18N2O5/c1-15(2,3)22-14(19)10(8-17(20)21)12-9-6-4-5-7-11(9)16-13(12)18/h4-7,10,12H,8H2,1-3H3,(H,16,18)/t10-,12?/m0/s1. The highest BCUT2D eigenvalue weighted by atomic mass is 16.6. The molecule has 1 aromatic carbocycles. The van der Waals surface area contributed by atoms with Crippen LogP contribution in [0.4, 0.5) is 5.69 Å². The molecule has 22 heavy (non-hydrogen) atoms. The van der Waals surface area contributed by atoms with Crippen molar-refractivity contribution in [2.75, 3.05) is 11.9 Å². The number of hydrogen-bond acceptors (Lipinski definition) is 5. The van der Waals surface area contributed by atoms with Crippen LogP contribution in [0.3, 0.4) is 0 Å². The third kappa shape index (κ3) is 3.41. The van der Waals surface area contributed by atoms with Gasteiger partial charge in [-0.25, -0.2) is 0 Å². The number of carbonyl (C=O) groups is 2. The van der Waals surface area contributed by atoms with Crippen molar-refractivity contribution in [3.8, 4) is 0 Å². The Morgan fingerprint density at radius 2 is 2.05 bits per heavy atom. The summed E-state index contributed by atoms with van der Waals surface area (Å²) in [6.45, 7) is 4.38. The van der Waals surface area contributed by atoms with E-state index in [1.807, 2.05) is 0 Å². The van der Waals surface area contributed by atoms with E-state index in [9.17, 15) is 19.7 Å². The molecule has 0 fully saturated rings. The lowest BCUT2D eigenvalue weighted by Gasteiger charge is -2.24. The molecule has 0 spiro atoms. The molecule has 0 radical (unpaired) electrons. The number of para-hydroxylation sites is 1. The number of nitro groups is 1. The van der Waals surface area contributed by atoms with Gasteiger partial charge in [-0.05, 0) is 32.4 Å². The zero-order valence-electron chi connectivity index (χ0n) is 12.7. The topological polar surface area (TPSA) is 98.5 Å². The van der Waals surface area contributed by atoms with E-state index in [1.54, 1.807) is 45.0 Å². The molecule has 1 N–H and O–H groups in total. The van der Waals surface area contributed by atoms with E-state index in [-0.39, 0.29) is 0 Å². The third-order valence-corrected chi connectivity index (χ3v) is 3.29. The summed E-state index contributed by atoms with van der Waals surface area (Å²) in [4.78, 5) is 34.8. The molecule has 1 aromatic rings. The van der Waals surface area contributed by atoms with Crippen LogP contribution in [0.15, 0.2) is 24.3 Å². The monoisotopic (exact) mass is 306 g/mol. The van der Waals surface area contributed by atoms with Crippen LogP contribution in [0.1, 0.15) is 32.3 Å². The minimum atomic E-state index is -1.15. The van der Waals surface area contributed by atoms with Gasteiger partial charge in [0.1, 0.15) is 11.5 Å². The lowest BCUT2D eigenvalue weighted by Crippen LogP contribution is -2.37. The molecular weight excluding hydrogens is 288 g/mol. The van der Waals surface area contributed by atoms with Gasteiger partial charge in [-0.2, -0.15) is 0 Å². The maximum Gasteiger partial charge on any atom is 0.317 e. The first-order valence-corrected chi connectivity index (χ1v) is 6.93. The minimum Gasteiger partial charge on any atom is -0.460 e. The molecule has 7 heteroatoms. The first-order chi connectivity index (χ1) is 10.2. The van der Waals surface area contributed by atoms with E-state index in [1.165, 1.54) is 0 Å². The van der Waals surface area contributed by atoms with Gasteiger partial charge in [0.15, 0.2) is 0 Å². The van der Waals surface area contributed by atoms with Crippen molar-refractivity contribution >= 4 is 17.6 Å². The fourth-order valence-corrected chi connectivity index (χ4v) is 2.49. The van der Waals surface area contributed by atoms with Gasteiger partial charge >= 0.3 is 5.97 Å². The van der Waals surface area contributed by atoms with Crippen LogP contribution in [0.5, 0.6) is 0 Å². The van der Waals surface area contributed by atoms with E-state index >= 15 is 0 Å². The Morgan fingerprint density at radius 3 is 2.64 bits per heavy atom. The number of nitrogens with zero attached hydrogens (tertiary/aromatic N) is 1. The number of ether oxygens (including phenoxy) is 1. The molecule has 0 saturated carbocycles. The van der Waals surface area contributed by atoms with Crippen LogP contribution in [0.25, 0.3) is 0 Å². The smallest absolute Gasteiger partial charge is 0.317 e. The van der Waals surface area contributed by atoms with Crippen LogP contribution in [-0.4, -0.2) is 28.9 Å². The summed E-state index contributed by atoms with van der Waals surface area (Å²) in [5.74, 6) is -3.21. The molecule has 0 bridgehead atoms. The van der Waals surface area contributed by atoms with Gasteiger partial charge < -0.3 is 10.1 Å². The molecule has 1 aliphatic rings. The zero-order valence-corrected chi connectivity index (χ0v) is 12.7. The summed E-state index contributed by atoms with van der Waals surface area (Å²) in [5, 5.41) is 13.6. The van der Waals surface area contributed by atoms with Crippen molar-refractivity contribution in [3.63, 3.8) is 0 Å². The number of carbonyl (C=O) groups excluding carboxylic acids is 2. The summed E-state index contributed by atoms with van der Waals surface area (Å²) in [6.07, 6.45) is 0. The van der Waals surface area contributed by atoms with Crippen LogP contribution < -0.4 is 5.32 Å². The second-order valence-electron chi connectivity index (χ2n) is 6.21. The first kappa shape index (κ1) is 15.9. The number of benzene rings is 1. The third-order valence-electron chi connectivity index (χ3n) is 3.29. The number of fused-ring (bicyclic) bond motifs is 1. The average Bonchev–Trinajstić information content (AvgIpc) is 2.69. The maximum absolute atomic E-state index is 12.3. The average molecular weight is 306 g/mol. The van der Waals surface area contributed by atoms with Gasteiger partial charge in [0.05, 0.1) is 5.92 Å². The van der Waals surface area contributed by atoms with Crippen molar-refractivity contribution in [2.45, 2.75) is 32.3 Å². The summed E-state index contributed by atoms with van der Waals surface area (Å²) >= 11 is 0. The quantitative estimate of drug-likeness (QED) is 0.521. The summed E-state index contributed by atoms with van der Waals surface area (Å²) in [7, 11) is 0. The number of amides is 1. The van der Waals surface area contributed by atoms with Crippen molar-refractivity contribution in [2.24, 2.45) is 5.92 Å². The van der Waals surface area contributed by atoms with E-state index in [2.05, 4.69) is 5.32 Å². The largest absolute Gasteiger partial charge is 0.460 e. The van der Waals surface area contributed by atoms with Crippen molar-refractivity contribution < 1.29 is 19.2 Å². The number of nitrogens with one attached hydrogen (secondary N) is 1. The Bertz CT molecular complexity index is 621. The van der Waals surface area contributed by atoms with E-state index in [4.69, 9.17) is 4.74 Å². The maximum atomic E-state index is 12.3. The molecule has 118 valence electrons. The number of esters is 1. The number of rotatable bonds is 4. The van der Waals surface area contributed by atoms with E-state index in [0.717, 1.165) is 0 Å². The van der Waals surface area contributed by atoms with E-state index in [0.29, 0.717) is 11.3 Å². The number of hydrogen-bond donors (Lipinski definition) is 1. The fraction of sp³-hybridized carbons (Fsp3) is 0.467. The Morgan fingerprint density at radius 1 is 1.41 bits per heavy atom. The van der Waals surface area contributed by atoms with E-state index < -0.39 is 40.8 Å². The first-order valence-electron chi connectivity index (χ1n) is 6.93.